The molecule has 3 aromatic rings. The maximum absolute atomic E-state index is 2.99. The summed E-state index contributed by atoms with van der Waals surface area (Å²) in [5.41, 5.74) is 3.20. The third-order valence-corrected chi connectivity index (χ3v) is 7.46. The van der Waals surface area contributed by atoms with Gasteiger partial charge in [-0.15, -0.1) is 46.2 Å². The van der Waals surface area contributed by atoms with E-state index in [1.165, 1.54) is 58.4 Å². The average Bonchev–Trinajstić information content (AvgIpc) is 3.49. The predicted molar refractivity (Wildman–Crippen MR) is 139 cm³/mol. The molecule has 2 aliphatic carbocycles. The first kappa shape index (κ1) is 31.5. The fraction of sp³-hybridized carbons (Fsp3) is 0.419. The quantitative estimate of drug-likeness (QED) is 0.326. The number of halogens is 2. The summed E-state index contributed by atoms with van der Waals surface area (Å²) in [5.74, 6) is 0. The van der Waals surface area contributed by atoms with E-state index in [1.54, 1.807) is 27.4 Å². The molecule has 34 heavy (non-hydrogen) atoms. The molecule has 0 unspecified atom stereocenters. The Morgan fingerprint density at radius 2 is 1.24 bits per heavy atom. The Morgan fingerprint density at radius 3 is 1.50 bits per heavy atom. The van der Waals surface area contributed by atoms with Crippen LogP contribution in [0.25, 0.3) is 21.5 Å². The normalized spacial score (nSPS) is 14.8. The number of rotatable bonds is 0. The molecule has 3 heteroatoms. The van der Waals surface area contributed by atoms with Crippen molar-refractivity contribution in [3.8, 4) is 0 Å². The zero-order chi connectivity index (χ0) is 23.4. The summed E-state index contributed by atoms with van der Waals surface area (Å²) in [4.78, 5) is 0. The molecule has 0 saturated heterocycles. The molecule has 2 aliphatic rings. The van der Waals surface area contributed by atoms with E-state index in [1.807, 2.05) is 12.2 Å². The predicted octanol–water partition coefficient (Wildman–Crippen LogP) is 2.90. The molecule has 0 radical (unpaired) electrons. The van der Waals surface area contributed by atoms with Gasteiger partial charge >= 0.3 is 53.1 Å². The Morgan fingerprint density at radius 1 is 0.765 bits per heavy atom. The molecule has 0 nitrogen and oxygen atoms in total. The molecule has 3 aromatic carbocycles. The Kier molecular flexibility index (Phi) is 12.7. The van der Waals surface area contributed by atoms with Gasteiger partial charge in [-0.1, -0.05) is 76.9 Å². The van der Waals surface area contributed by atoms with Gasteiger partial charge in [-0.05, 0) is 10.8 Å². The van der Waals surface area contributed by atoms with Crippen LogP contribution in [-0.4, -0.2) is 3.21 Å². The number of benzene rings is 2. The van der Waals surface area contributed by atoms with E-state index in [0.717, 1.165) is 6.42 Å². The van der Waals surface area contributed by atoms with Gasteiger partial charge in [0.2, 0.25) is 0 Å². The first-order chi connectivity index (χ1) is 15.1. The van der Waals surface area contributed by atoms with E-state index in [4.69, 9.17) is 0 Å². The van der Waals surface area contributed by atoms with E-state index in [-0.39, 0.29) is 44.8 Å². The standard InChI is InChI=1S/C21H25.C5H8.C5H5.2BrH.Zr/c1-20(2,3)16-9-7-14-11-15-8-10-17(21(4,5)6)13-19(15)18(14)12-16;2*1-2-4-5-3-1;;;/h7-13H,1-6H3;1-4H2;1-3H,4H2;2*1H;/q-1;;-1;;;+2/p-2. The summed E-state index contributed by atoms with van der Waals surface area (Å²) >= 11 is 1.68. The summed E-state index contributed by atoms with van der Waals surface area (Å²) in [6, 6.07) is 16.1. The zero-order valence-corrected chi connectivity index (χ0v) is 27.2. The second kappa shape index (κ2) is 13.7. The molecule has 0 amide bonds. The molecule has 0 heterocycles. The van der Waals surface area contributed by atoms with Crippen LogP contribution in [0.2, 0.25) is 0 Å². The van der Waals surface area contributed by atoms with Gasteiger partial charge in [0.1, 0.15) is 0 Å². The van der Waals surface area contributed by atoms with Crippen molar-refractivity contribution in [1.29, 1.82) is 0 Å². The topological polar surface area (TPSA) is 0 Å². The van der Waals surface area contributed by atoms with Crippen LogP contribution < -0.4 is 34.0 Å². The molecule has 0 aliphatic heterocycles. The zero-order valence-electron chi connectivity index (χ0n) is 21.6. The van der Waals surface area contributed by atoms with Gasteiger partial charge < -0.3 is 34.0 Å². The van der Waals surface area contributed by atoms with Gasteiger partial charge in [0, 0.05) is 0 Å². The van der Waals surface area contributed by atoms with Gasteiger partial charge in [-0.25, -0.2) is 12.2 Å². The molecule has 0 atom stereocenters. The SMILES string of the molecule is CC(C)(C)c1ccc2[cH-]c3ccc(C(C)(C)C)cc3c2c1.[Br-].[Br-].[C-]1=CC=CC1.[Zr+2]=[C]1CCCC1. The molecule has 1 fully saturated rings. The number of hydrogen-bond donors (Lipinski definition) is 0. The van der Waals surface area contributed by atoms with Crippen LogP contribution in [0.1, 0.15) is 84.8 Å². The van der Waals surface area contributed by atoms with Crippen molar-refractivity contribution in [2.75, 3.05) is 0 Å². The van der Waals surface area contributed by atoms with Crippen molar-refractivity contribution in [2.45, 2.75) is 84.5 Å². The molecule has 0 bridgehead atoms. The fourth-order valence-corrected chi connectivity index (χ4v) is 4.94. The maximum atomic E-state index is 2.99. The van der Waals surface area contributed by atoms with Crippen LogP contribution in [-0.2, 0) is 35.1 Å². The summed E-state index contributed by atoms with van der Waals surface area (Å²) in [6.45, 7) is 13.7. The Bertz CT molecular complexity index is 1050. The van der Waals surface area contributed by atoms with Gasteiger partial charge in [-0.2, -0.15) is 6.08 Å². The van der Waals surface area contributed by atoms with Gasteiger partial charge in [0.25, 0.3) is 0 Å². The third kappa shape index (κ3) is 8.86. The van der Waals surface area contributed by atoms with Crippen LogP contribution in [0.15, 0.2) is 60.7 Å². The Labute approximate surface area is 243 Å². The second-order valence-corrected chi connectivity index (χ2v) is 12.8. The average molecular weight is 662 g/mol. The number of allylic oxidation sites excluding steroid dienone is 4. The van der Waals surface area contributed by atoms with Gasteiger partial charge in [0.15, 0.2) is 0 Å². The van der Waals surface area contributed by atoms with E-state index in [2.05, 4.69) is 96.2 Å². The van der Waals surface area contributed by atoms with E-state index in [9.17, 15) is 0 Å². The van der Waals surface area contributed by atoms with Crippen molar-refractivity contribution in [2.24, 2.45) is 0 Å². The third-order valence-electron chi connectivity index (χ3n) is 6.23. The van der Waals surface area contributed by atoms with Crippen LogP contribution in [0.3, 0.4) is 0 Å². The minimum absolute atomic E-state index is 0. The van der Waals surface area contributed by atoms with Gasteiger partial charge in [-0.3, -0.25) is 6.08 Å². The van der Waals surface area contributed by atoms with E-state index < -0.39 is 0 Å². The van der Waals surface area contributed by atoms with Crippen LogP contribution in [0, 0.1) is 6.08 Å². The van der Waals surface area contributed by atoms with Crippen molar-refractivity contribution < 1.29 is 58.2 Å². The monoisotopic (exact) mass is 658 g/mol. The first-order valence-corrected chi connectivity index (χ1v) is 13.2. The van der Waals surface area contributed by atoms with Crippen molar-refractivity contribution in [1.82, 2.24) is 0 Å². The second-order valence-electron chi connectivity index (χ2n) is 11.1. The van der Waals surface area contributed by atoms with Crippen molar-refractivity contribution >= 4 is 24.8 Å². The minimum atomic E-state index is 0. The first-order valence-electron chi connectivity index (χ1n) is 12.0. The summed E-state index contributed by atoms with van der Waals surface area (Å²) < 4.78 is 1.79. The summed E-state index contributed by atoms with van der Waals surface area (Å²) in [5, 5.41) is 5.49. The van der Waals surface area contributed by atoms with E-state index >= 15 is 0 Å². The molecule has 5 rings (SSSR count). The number of hydrogen-bond acceptors (Lipinski definition) is 0. The molecular formula is C31H38Br2Zr-2. The van der Waals surface area contributed by atoms with Crippen LogP contribution >= 0.6 is 0 Å². The molecule has 0 spiro atoms. The number of fused-ring (bicyclic) bond motifs is 3. The molecule has 1 saturated carbocycles. The Balaban J connectivity index is 0.000000367. The van der Waals surface area contributed by atoms with Crippen molar-refractivity contribution in [3.63, 3.8) is 0 Å². The Hall–Kier alpha value is -0.497. The van der Waals surface area contributed by atoms with Crippen LogP contribution in [0.5, 0.6) is 0 Å². The molecule has 182 valence electrons. The van der Waals surface area contributed by atoms with Crippen LogP contribution in [0.4, 0.5) is 0 Å². The van der Waals surface area contributed by atoms with Crippen molar-refractivity contribution in [3.05, 3.63) is 77.9 Å². The van der Waals surface area contributed by atoms with Gasteiger partial charge in [0.05, 0.1) is 0 Å². The fourth-order valence-electron chi connectivity index (χ4n) is 4.07. The molecule has 0 N–H and O–H groups in total. The summed E-state index contributed by atoms with van der Waals surface area (Å²) in [7, 11) is 0. The summed E-state index contributed by atoms with van der Waals surface area (Å²) in [6.07, 6.45) is 15.8. The molecule has 0 aromatic heterocycles. The van der Waals surface area contributed by atoms with E-state index in [0.29, 0.717) is 0 Å². The molecular weight excluding hydrogens is 623 g/mol.